The first kappa shape index (κ1) is 20.4. The minimum absolute atomic E-state index is 0.126. The topological polar surface area (TPSA) is 86.4 Å². The van der Waals surface area contributed by atoms with Gasteiger partial charge in [0.05, 0.1) is 18.0 Å². The number of ether oxygens (including phenoxy) is 1. The highest BCUT2D eigenvalue weighted by Gasteiger charge is 2.31. The number of nitrogens with one attached hydrogen (secondary N) is 1. The normalized spacial score (nSPS) is 12.0. The molecule has 7 heteroatoms. The molecule has 0 fully saturated rings. The van der Waals surface area contributed by atoms with Gasteiger partial charge >= 0.3 is 5.97 Å². The van der Waals surface area contributed by atoms with Gasteiger partial charge in [0.2, 0.25) is 0 Å². The quantitative estimate of drug-likeness (QED) is 0.474. The Morgan fingerprint density at radius 1 is 1.10 bits per heavy atom. The number of esters is 1. The lowest BCUT2D eigenvalue weighted by Crippen LogP contribution is -2.35. The molecule has 0 saturated heterocycles. The molecule has 7 nitrogen and oxygen atoms in total. The van der Waals surface area contributed by atoms with Gasteiger partial charge in [0.15, 0.2) is 11.8 Å². The van der Waals surface area contributed by atoms with Gasteiger partial charge in [-0.1, -0.05) is 36.4 Å². The summed E-state index contributed by atoms with van der Waals surface area (Å²) < 4.78 is 12.7. The zero-order valence-corrected chi connectivity index (χ0v) is 17.6. The molecule has 4 aromatic rings. The fourth-order valence-corrected chi connectivity index (χ4v) is 3.66. The van der Waals surface area contributed by atoms with Gasteiger partial charge < -0.3 is 14.5 Å². The van der Waals surface area contributed by atoms with Gasteiger partial charge in [-0.15, -0.1) is 0 Å². The highest BCUT2D eigenvalue weighted by molar-refractivity contribution is 5.98. The predicted octanol–water partition coefficient (Wildman–Crippen LogP) is 4.27. The summed E-state index contributed by atoms with van der Waals surface area (Å²) in [7, 11) is 0. The van der Waals surface area contributed by atoms with Crippen LogP contribution in [0.4, 0.5) is 0 Å². The second-order valence-electron chi connectivity index (χ2n) is 7.14. The predicted molar refractivity (Wildman–Crippen MR) is 116 cm³/mol. The molecular formula is C24H23N3O4. The van der Waals surface area contributed by atoms with Crippen LogP contribution in [0, 0.1) is 13.8 Å². The third-order valence-electron chi connectivity index (χ3n) is 5.08. The molecule has 1 N–H and O–H groups in total. The van der Waals surface area contributed by atoms with Crippen molar-refractivity contribution in [1.82, 2.24) is 15.1 Å². The van der Waals surface area contributed by atoms with Gasteiger partial charge in [-0.05, 0) is 45.0 Å². The summed E-state index contributed by atoms with van der Waals surface area (Å²) in [5.74, 6) is -0.924. The molecule has 0 saturated carbocycles. The van der Waals surface area contributed by atoms with Crippen molar-refractivity contribution in [3.63, 3.8) is 0 Å². The van der Waals surface area contributed by atoms with E-state index in [-0.39, 0.29) is 12.4 Å². The van der Waals surface area contributed by atoms with Crippen molar-refractivity contribution >= 4 is 22.8 Å². The number of amides is 1. The van der Waals surface area contributed by atoms with Crippen LogP contribution in [-0.2, 0) is 9.53 Å². The molecule has 1 amide bonds. The molecule has 0 unspecified atom stereocenters. The van der Waals surface area contributed by atoms with E-state index in [1.54, 1.807) is 30.7 Å². The summed E-state index contributed by atoms with van der Waals surface area (Å²) in [4.78, 5) is 25.8. The van der Waals surface area contributed by atoms with E-state index in [2.05, 4.69) is 10.4 Å². The minimum Gasteiger partial charge on any atom is -0.464 e. The number of rotatable bonds is 6. The summed E-state index contributed by atoms with van der Waals surface area (Å²) in [5.41, 5.74) is 3.44. The number of para-hydroxylation sites is 2. The van der Waals surface area contributed by atoms with Crippen molar-refractivity contribution in [1.29, 1.82) is 0 Å². The van der Waals surface area contributed by atoms with Crippen LogP contribution in [0.25, 0.3) is 16.7 Å². The first-order chi connectivity index (χ1) is 15.0. The fraction of sp³-hybridized carbons (Fsp3) is 0.208. The second-order valence-corrected chi connectivity index (χ2v) is 7.14. The third kappa shape index (κ3) is 3.94. The van der Waals surface area contributed by atoms with Crippen molar-refractivity contribution in [3.05, 3.63) is 83.4 Å². The lowest BCUT2D eigenvalue weighted by Gasteiger charge is -2.17. The van der Waals surface area contributed by atoms with Crippen LogP contribution in [0.3, 0.4) is 0 Å². The average molecular weight is 417 g/mol. The first-order valence-corrected chi connectivity index (χ1v) is 10.1. The van der Waals surface area contributed by atoms with Gasteiger partial charge in [-0.3, -0.25) is 4.79 Å². The highest BCUT2D eigenvalue weighted by atomic mass is 16.5. The molecule has 2 aromatic carbocycles. The molecule has 0 aliphatic carbocycles. The van der Waals surface area contributed by atoms with E-state index in [1.165, 1.54) is 0 Å². The second kappa shape index (κ2) is 8.47. The lowest BCUT2D eigenvalue weighted by atomic mass is 10.0. The van der Waals surface area contributed by atoms with Crippen LogP contribution in [0.15, 0.2) is 65.1 Å². The van der Waals surface area contributed by atoms with Crippen LogP contribution < -0.4 is 5.32 Å². The van der Waals surface area contributed by atoms with E-state index in [1.807, 2.05) is 55.5 Å². The third-order valence-corrected chi connectivity index (χ3v) is 5.08. The van der Waals surface area contributed by atoms with E-state index < -0.39 is 17.9 Å². The Morgan fingerprint density at radius 2 is 1.81 bits per heavy atom. The molecule has 31 heavy (non-hydrogen) atoms. The Balaban J connectivity index is 1.71. The Kier molecular flexibility index (Phi) is 5.58. The number of fused-ring (bicyclic) bond motifs is 1. The number of hydrogen-bond acceptors (Lipinski definition) is 5. The number of hydrogen-bond donors (Lipinski definition) is 1. The van der Waals surface area contributed by atoms with E-state index in [0.717, 1.165) is 16.8 Å². The molecule has 0 aliphatic heterocycles. The Bertz CT molecular complexity index is 1210. The van der Waals surface area contributed by atoms with E-state index in [4.69, 9.17) is 9.15 Å². The molecule has 0 radical (unpaired) electrons. The number of carbonyl (C=O) groups is 2. The van der Waals surface area contributed by atoms with Crippen molar-refractivity contribution in [3.8, 4) is 5.69 Å². The maximum atomic E-state index is 13.0. The molecule has 2 heterocycles. The van der Waals surface area contributed by atoms with Gasteiger partial charge in [0.25, 0.3) is 5.91 Å². The molecule has 0 spiro atoms. The van der Waals surface area contributed by atoms with Gasteiger partial charge in [0, 0.05) is 16.6 Å². The van der Waals surface area contributed by atoms with E-state index in [9.17, 15) is 9.59 Å². The zero-order valence-electron chi connectivity index (χ0n) is 17.6. The molecule has 158 valence electrons. The van der Waals surface area contributed by atoms with Crippen LogP contribution >= 0.6 is 0 Å². The average Bonchev–Trinajstić information content (AvgIpc) is 3.34. The number of furan rings is 1. The first-order valence-electron chi connectivity index (χ1n) is 10.1. The summed E-state index contributed by atoms with van der Waals surface area (Å²) in [6.07, 6.45) is 0. The summed E-state index contributed by atoms with van der Waals surface area (Å²) in [6, 6.07) is 17.6. The van der Waals surface area contributed by atoms with Gasteiger partial charge in [0.1, 0.15) is 5.58 Å². The zero-order chi connectivity index (χ0) is 22.0. The summed E-state index contributed by atoms with van der Waals surface area (Å²) in [5, 5.41) is 8.18. The highest BCUT2D eigenvalue weighted by Crippen LogP contribution is 2.26. The fourth-order valence-electron chi connectivity index (χ4n) is 3.66. The monoisotopic (exact) mass is 417 g/mol. The Labute approximate surface area is 179 Å². The number of benzene rings is 2. The maximum absolute atomic E-state index is 13.0. The van der Waals surface area contributed by atoms with Crippen LogP contribution in [0.2, 0.25) is 0 Å². The van der Waals surface area contributed by atoms with Gasteiger partial charge in [-0.25, -0.2) is 9.48 Å². The smallest absolute Gasteiger partial charge is 0.333 e. The minimum atomic E-state index is -1.02. The van der Waals surface area contributed by atoms with Crippen molar-refractivity contribution in [2.45, 2.75) is 26.8 Å². The van der Waals surface area contributed by atoms with E-state index in [0.29, 0.717) is 16.8 Å². The van der Waals surface area contributed by atoms with Crippen LogP contribution in [0.1, 0.15) is 40.5 Å². The number of nitrogens with zero attached hydrogens (tertiary/aromatic N) is 2. The Morgan fingerprint density at radius 3 is 2.52 bits per heavy atom. The molecule has 0 aliphatic rings. The lowest BCUT2D eigenvalue weighted by molar-refractivity contribution is -0.145. The summed E-state index contributed by atoms with van der Waals surface area (Å²) in [6.45, 7) is 5.59. The largest absolute Gasteiger partial charge is 0.464 e. The van der Waals surface area contributed by atoms with Crippen LogP contribution in [-0.4, -0.2) is 28.3 Å². The van der Waals surface area contributed by atoms with Crippen LogP contribution in [0.5, 0.6) is 0 Å². The number of aryl methyl sites for hydroxylation is 1. The number of carbonyl (C=O) groups excluding carboxylic acids is 2. The van der Waals surface area contributed by atoms with Crippen molar-refractivity contribution < 1.29 is 18.7 Å². The van der Waals surface area contributed by atoms with Crippen molar-refractivity contribution in [2.24, 2.45) is 0 Å². The molecule has 1 atom stereocenters. The Hall–Kier alpha value is -3.87. The maximum Gasteiger partial charge on any atom is 0.333 e. The molecule has 4 rings (SSSR count). The van der Waals surface area contributed by atoms with Crippen molar-refractivity contribution in [2.75, 3.05) is 6.61 Å². The summed E-state index contributed by atoms with van der Waals surface area (Å²) >= 11 is 0. The van der Waals surface area contributed by atoms with Gasteiger partial charge in [-0.2, -0.15) is 5.10 Å². The molecule has 0 bridgehead atoms. The SMILES string of the molecule is CCOC(=O)[C@@H](NC(=O)c1cc2ccccc2o1)c1c(C)nn(-c2ccccc2)c1C. The molecule has 2 aromatic heterocycles. The number of aromatic nitrogens is 2. The standard InChI is InChI=1S/C24H23N3O4/c1-4-30-24(29)22(25-23(28)20-14-17-10-8-9-13-19(17)31-20)21-15(2)26-27(16(21)3)18-11-6-5-7-12-18/h5-14,22H,4H2,1-3H3,(H,25,28)/t22-/m0/s1. The molecular weight excluding hydrogens is 394 g/mol. The van der Waals surface area contributed by atoms with E-state index >= 15 is 0 Å².